The number of carbonyl (C=O) groups excluding carboxylic acids is 2. The summed E-state index contributed by atoms with van der Waals surface area (Å²) in [6.07, 6.45) is 0. The van der Waals surface area contributed by atoms with Crippen molar-refractivity contribution in [3.05, 3.63) is 28.8 Å². The number of phenolic OH excluding ortho intramolecular Hbond substituents is 1. The number of carboxylic acid groups (broad SMARTS) is 1. The molecule has 13 nitrogen and oxygen atoms in total. The largest absolute Gasteiger partial charge is 0.506 e. The highest BCUT2D eigenvalue weighted by atomic mass is 35.5. The summed E-state index contributed by atoms with van der Waals surface area (Å²) in [5, 5.41) is 45.4. The first-order valence-electron chi connectivity index (χ1n) is 9.69. The van der Waals surface area contributed by atoms with Crippen LogP contribution in [0.2, 0.25) is 5.02 Å². The minimum Gasteiger partial charge on any atom is -0.506 e. The van der Waals surface area contributed by atoms with Gasteiger partial charge >= 0.3 is 5.97 Å². The van der Waals surface area contributed by atoms with Crippen LogP contribution in [-0.4, -0.2) is 93.5 Å². The van der Waals surface area contributed by atoms with Crippen molar-refractivity contribution in [2.75, 3.05) is 18.1 Å². The van der Waals surface area contributed by atoms with Crippen molar-refractivity contribution < 1.29 is 29.8 Å². The number of oxime groups is 1. The number of fused-ring (bicyclic) bond motifs is 1. The molecule has 3 heterocycles. The lowest BCUT2D eigenvalue weighted by Gasteiger charge is -2.53. The molecule has 0 saturated carbocycles. The Morgan fingerprint density at radius 1 is 1.44 bits per heavy atom. The van der Waals surface area contributed by atoms with Gasteiger partial charge in [0.15, 0.2) is 5.71 Å². The second kappa shape index (κ2) is 9.31. The molecule has 2 fully saturated rings. The summed E-state index contributed by atoms with van der Waals surface area (Å²) in [7, 11) is 1.64. The number of nitrogens with zero attached hydrogens (tertiary/aromatic N) is 6. The molecule has 1 aromatic carbocycles. The molecule has 1 aromatic heterocycles. The van der Waals surface area contributed by atoms with Gasteiger partial charge in [0.25, 0.3) is 5.91 Å². The Kier molecular flexibility index (Phi) is 6.60. The Morgan fingerprint density at radius 3 is 2.82 bits per heavy atom. The molecule has 2 amide bonds. The predicted molar refractivity (Wildman–Crippen MR) is 121 cm³/mol. The van der Waals surface area contributed by atoms with Gasteiger partial charge in [0.2, 0.25) is 11.1 Å². The number of tetrazole rings is 1. The van der Waals surface area contributed by atoms with E-state index in [0.717, 1.165) is 0 Å². The molecule has 180 valence electrons. The fraction of sp³-hybridized carbons (Fsp3) is 0.389. The first-order valence-corrected chi connectivity index (χ1v) is 12.1. The van der Waals surface area contributed by atoms with Gasteiger partial charge in [-0.15, -0.1) is 16.9 Å². The number of aromatic nitrogens is 4. The van der Waals surface area contributed by atoms with Crippen LogP contribution in [0.25, 0.3) is 0 Å². The van der Waals surface area contributed by atoms with E-state index in [4.69, 9.17) is 11.6 Å². The van der Waals surface area contributed by atoms with E-state index in [1.807, 2.05) is 0 Å². The van der Waals surface area contributed by atoms with E-state index >= 15 is 0 Å². The SMILES string of the molecule is Cn1nnnc1SCC1(C(=O)O)CS[C@@H]2C(NC(=O)C(=NO)c3ccc(O)c(Cl)c3)C(=O)N2C1. The Morgan fingerprint density at radius 2 is 2.21 bits per heavy atom. The van der Waals surface area contributed by atoms with E-state index in [2.05, 4.69) is 26.0 Å². The fourth-order valence-corrected chi connectivity index (χ4v) is 6.44. The lowest BCUT2D eigenvalue weighted by atomic mass is 9.89. The van der Waals surface area contributed by atoms with Crippen molar-refractivity contribution in [1.82, 2.24) is 30.4 Å². The van der Waals surface area contributed by atoms with Gasteiger partial charge in [0.05, 0.1) is 5.02 Å². The number of β-lactam (4-membered cyclic amide) rings is 1. The van der Waals surface area contributed by atoms with Crippen LogP contribution in [0.3, 0.4) is 0 Å². The molecule has 34 heavy (non-hydrogen) atoms. The molecule has 2 saturated heterocycles. The van der Waals surface area contributed by atoms with Crippen LogP contribution in [-0.2, 0) is 21.4 Å². The molecule has 0 aliphatic carbocycles. The molecule has 2 unspecified atom stereocenters. The van der Waals surface area contributed by atoms with E-state index in [9.17, 15) is 29.8 Å². The van der Waals surface area contributed by atoms with Gasteiger partial charge in [0, 0.05) is 30.7 Å². The number of thioether (sulfide) groups is 2. The van der Waals surface area contributed by atoms with Crippen LogP contribution < -0.4 is 5.32 Å². The molecule has 0 radical (unpaired) electrons. The molecule has 0 spiro atoms. The lowest BCUT2D eigenvalue weighted by molar-refractivity contribution is -0.157. The van der Waals surface area contributed by atoms with Crippen LogP contribution in [0.1, 0.15) is 5.56 Å². The molecule has 2 aliphatic rings. The number of halogens is 1. The number of rotatable bonds is 7. The standard InChI is InChI=1S/C18H18ClN7O6S2/c1-25-17(21-23-24-25)34-7-18(16(30)31)5-26-14(29)12(15(26)33-6-18)20-13(28)11(22-32)8-2-3-10(27)9(19)4-8/h2-4,12,15,27,32H,5-7H2,1H3,(H,20,28)(H,30,31)/t12?,15-,18?/m1/s1. The van der Waals surface area contributed by atoms with Crippen molar-refractivity contribution >= 4 is 58.6 Å². The van der Waals surface area contributed by atoms with Crippen molar-refractivity contribution in [2.24, 2.45) is 17.6 Å². The average Bonchev–Trinajstić information content (AvgIpc) is 3.23. The fourth-order valence-electron chi connectivity index (χ4n) is 3.55. The van der Waals surface area contributed by atoms with E-state index in [1.54, 1.807) is 7.05 Å². The zero-order valence-electron chi connectivity index (χ0n) is 17.5. The summed E-state index contributed by atoms with van der Waals surface area (Å²) in [5.41, 5.74) is -1.46. The normalized spacial score (nSPS) is 24.4. The topological polar surface area (TPSA) is 183 Å². The molecule has 4 rings (SSSR count). The number of amides is 2. The van der Waals surface area contributed by atoms with Gasteiger partial charge in [-0.1, -0.05) is 28.5 Å². The molecule has 16 heteroatoms. The summed E-state index contributed by atoms with van der Waals surface area (Å²) in [6, 6.07) is 2.92. The molecular formula is C18H18ClN7O6S2. The van der Waals surface area contributed by atoms with Crippen molar-refractivity contribution in [3.63, 3.8) is 0 Å². The first kappa shape index (κ1) is 24.1. The van der Waals surface area contributed by atoms with Gasteiger partial charge in [-0.05, 0) is 28.6 Å². The smallest absolute Gasteiger partial charge is 0.313 e. The zero-order chi connectivity index (χ0) is 24.6. The summed E-state index contributed by atoms with van der Waals surface area (Å²) in [6.45, 7) is -0.0298. The van der Waals surface area contributed by atoms with Gasteiger partial charge in [-0.3, -0.25) is 14.4 Å². The van der Waals surface area contributed by atoms with Crippen molar-refractivity contribution in [2.45, 2.75) is 16.6 Å². The third-order valence-electron chi connectivity index (χ3n) is 5.48. The number of aromatic hydroxyl groups is 1. The number of aryl methyl sites for hydroxylation is 1. The minimum atomic E-state index is -1.22. The highest BCUT2D eigenvalue weighted by Crippen LogP contribution is 2.44. The minimum absolute atomic E-state index is 0.0298. The molecule has 0 bridgehead atoms. The van der Waals surface area contributed by atoms with Gasteiger partial charge < -0.3 is 25.6 Å². The number of carbonyl (C=O) groups is 3. The Balaban J connectivity index is 1.43. The Bertz CT molecular complexity index is 1190. The van der Waals surface area contributed by atoms with E-state index < -0.39 is 34.6 Å². The molecule has 3 atom stereocenters. The number of hydrogen-bond acceptors (Lipinski definition) is 11. The number of benzene rings is 1. The van der Waals surface area contributed by atoms with E-state index in [1.165, 1.54) is 51.3 Å². The number of phenols is 1. The van der Waals surface area contributed by atoms with Crippen LogP contribution >= 0.6 is 35.1 Å². The van der Waals surface area contributed by atoms with Crippen LogP contribution in [0.5, 0.6) is 5.75 Å². The Hall–Kier alpha value is -3.04. The monoisotopic (exact) mass is 527 g/mol. The highest BCUT2D eigenvalue weighted by molar-refractivity contribution is 8.00. The van der Waals surface area contributed by atoms with E-state index in [0.29, 0.717) is 5.16 Å². The number of nitrogens with one attached hydrogen (secondary N) is 1. The van der Waals surface area contributed by atoms with Crippen LogP contribution in [0, 0.1) is 5.41 Å². The van der Waals surface area contributed by atoms with Crippen LogP contribution in [0.15, 0.2) is 28.5 Å². The van der Waals surface area contributed by atoms with Crippen molar-refractivity contribution in [1.29, 1.82) is 0 Å². The van der Waals surface area contributed by atoms with Gasteiger partial charge in [-0.25, -0.2) is 4.68 Å². The molecule has 2 aliphatic heterocycles. The second-order valence-corrected chi connectivity index (χ2v) is 10.1. The highest BCUT2D eigenvalue weighted by Gasteiger charge is 2.57. The first-order chi connectivity index (χ1) is 16.2. The summed E-state index contributed by atoms with van der Waals surface area (Å²) in [5.74, 6) is -2.15. The molecule has 2 aromatic rings. The van der Waals surface area contributed by atoms with Crippen molar-refractivity contribution in [3.8, 4) is 5.75 Å². The van der Waals surface area contributed by atoms with Gasteiger partial charge in [-0.2, -0.15) is 0 Å². The maximum Gasteiger partial charge on any atom is 0.313 e. The summed E-state index contributed by atoms with van der Waals surface area (Å²) in [4.78, 5) is 39.0. The molecule has 4 N–H and O–H groups in total. The Labute approximate surface area is 205 Å². The third-order valence-corrected chi connectivity index (χ3v) is 8.67. The molecular weight excluding hydrogens is 510 g/mol. The quantitative estimate of drug-likeness (QED) is 0.125. The zero-order valence-corrected chi connectivity index (χ0v) is 19.8. The van der Waals surface area contributed by atoms with E-state index in [-0.39, 0.29) is 40.1 Å². The summed E-state index contributed by atoms with van der Waals surface area (Å²) >= 11 is 8.28. The number of aliphatic carboxylic acids is 1. The maximum absolute atomic E-state index is 12.8. The number of carboxylic acids is 1. The lowest BCUT2D eigenvalue weighted by Crippen LogP contribution is -2.74. The predicted octanol–water partition coefficient (Wildman–Crippen LogP) is 0.0106. The van der Waals surface area contributed by atoms with Gasteiger partial charge in [0.1, 0.15) is 22.6 Å². The number of hydrogen-bond donors (Lipinski definition) is 4. The average molecular weight is 528 g/mol. The maximum atomic E-state index is 12.8. The third kappa shape index (κ3) is 4.25. The van der Waals surface area contributed by atoms with Crippen LogP contribution in [0.4, 0.5) is 0 Å². The summed E-state index contributed by atoms with van der Waals surface area (Å²) < 4.78 is 1.43. The second-order valence-electron chi connectivity index (χ2n) is 7.69.